The summed E-state index contributed by atoms with van der Waals surface area (Å²) in [6.45, 7) is 4.35. The first-order valence-electron chi connectivity index (χ1n) is 9.65. The van der Waals surface area contributed by atoms with Crippen molar-refractivity contribution in [2.24, 2.45) is 0 Å². The lowest BCUT2D eigenvalue weighted by Crippen LogP contribution is -2.14. The number of carbonyl (C=O) groups is 1. The van der Waals surface area contributed by atoms with Gasteiger partial charge < -0.3 is 5.32 Å². The first-order valence-corrected chi connectivity index (χ1v) is 10.6. The third-order valence-electron chi connectivity index (χ3n) is 5.07. The third-order valence-corrected chi connectivity index (χ3v) is 6.01. The zero-order chi connectivity index (χ0) is 19.5. The fourth-order valence-corrected chi connectivity index (χ4v) is 4.23. The SMILES string of the molecule is CC(C)c1ccc(-n2cnnc2SCC(=O)Nc2ccc3c(c2)CCC3)cc1. The quantitative estimate of drug-likeness (QED) is 0.622. The number of rotatable bonds is 6. The molecule has 5 nitrogen and oxygen atoms in total. The van der Waals surface area contributed by atoms with Crippen LogP contribution < -0.4 is 5.32 Å². The zero-order valence-electron chi connectivity index (χ0n) is 16.2. The van der Waals surface area contributed by atoms with Crippen LogP contribution in [0.15, 0.2) is 53.9 Å². The van der Waals surface area contributed by atoms with Crippen LogP contribution in [-0.4, -0.2) is 26.4 Å². The second-order valence-corrected chi connectivity index (χ2v) is 8.35. The summed E-state index contributed by atoms with van der Waals surface area (Å²) in [6, 6.07) is 14.6. The number of fused-ring (bicyclic) bond motifs is 1. The van der Waals surface area contributed by atoms with Gasteiger partial charge in [-0.2, -0.15) is 0 Å². The highest BCUT2D eigenvalue weighted by atomic mass is 32.2. The molecule has 0 fully saturated rings. The minimum Gasteiger partial charge on any atom is -0.325 e. The van der Waals surface area contributed by atoms with E-state index in [2.05, 4.69) is 65.8 Å². The molecule has 0 aliphatic heterocycles. The number of aryl methyl sites for hydroxylation is 2. The van der Waals surface area contributed by atoms with E-state index in [1.807, 2.05) is 10.6 Å². The Morgan fingerprint density at radius 3 is 2.71 bits per heavy atom. The van der Waals surface area contributed by atoms with E-state index in [1.54, 1.807) is 6.33 Å². The van der Waals surface area contributed by atoms with Crippen molar-refractivity contribution in [3.63, 3.8) is 0 Å². The minimum atomic E-state index is -0.0346. The van der Waals surface area contributed by atoms with Gasteiger partial charge in [0.15, 0.2) is 5.16 Å². The Kier molecular flexibility index (Phi) is 5.48. The van der Waals surface area contributed by atoms with Gasteiger partial charge in [-0.25, -0.2) is 0 Å². The van der Waals surface area contributed by atoms with E-state index >= 15 is 0 Å². The summed E-state index contributed by atoms with van der Waals surface area (Å²) in [7, 11) is 0. The third kappa shape index (κ3) is 4.12. The number of nitrogens with one attached hydrogen (secondary N) is 1. The first-order chi connectivity index (χ1) is 13.6. The van der Waals surface area contributed by atoms with E-state index in [1.165, 1.54) is 34.9 Å². The number of aromatic nitrogens is 3. The first kappa shape index (κ1) is 18.7. The maximum atomic E-state index is 12.4. The van der Waals surface area contributed by atoms with Crippen LogP contribution in [0, 0.1) is 0 Å². The average molecular weight is 393 g/mol. The van der Waals surface area contributed by atoms with Crippen molar-refractivity contribution in [2.75, 3.05) is 11.1 Å². The van der Waals surface area contributed by atoms with Gasteiger partial charge >= 0.3 is 0 Å². The Morgan fingerprint density at radius 2 is 1.93 bits per heavy atom. The van der Waals surface area contributed by atoms with Gasteiger partial charge in [0.1, 0.15) is 6.33 Å². The molecule has 0 spiro atoms. The molecule has 1 aromatic heterocycles. The van der Waals surface area contributed by atoms with Gasteiger partial charge in [0.2, 0.25) is 5.91 Å². The van der Waals surface area contributed by atoms with Crippen LogP contribution >= 0.6 is 11.8 Å². The van der Waals surface area contributed by atoms with Gasteiger partial charge in [-0.15, -0.1) is 10.2 Å². The van der Waals surface area contributed by atoms with Crippen molar-refractivity contribution in [3.8, 4) is 5.69 Å². The lowest BCUT2D eigenvalue weighted by molar-refractivity contribution is -0.113. The molecule has 0 saturated carbocycles. The van der Waals surface area contributed by atoms with E-state index in [-0.39, 0.29) is 5.91 Å². The molecular weight excluding hydrogens is 368 g/mol. The lowest BCUT2D eigenvalue weighted by atomic mass is 10.0. The van der Waals surface area contributed by atoms with Crippen LogP contribution in [0.2, 0.25) is 0 Å². The van der Waals surface area contributed by atoms with Gasteiger partial charge in [0.25, 0.3) is 0 Å². The number of amides is 1. The van der Waals surface area contributed by atoms with Crippen molar-refractivity contribution in [1.29, 1.82) is 0 Å². The average Bonchev–Trinajstić information content (AvgIpc) is 3.35. The van der Waals surface area contributed by atoms with Gasteiger partial charge in [-0.3, -0.25) is 9.36 Å². The van der Waals surface area contributed by atoms with Crippen molar-refractivity contribution in [3.05, 3.63) is 65.5 Å². The van der Waals surface area contributed by atoms with E-state index in [9.17, 15) is 4.79 Å². The molecule has 0 bridgehead atoms. The van der Waals surface area contributed by atoms with E-state index < -0.39 is 0 Å². The van der Waals surface area contributed by atoms with Crippen LogP contribution in [0.3, 0.4) is 0 Å². The smallest absolute Gasteiger partial charge is 0.234 e. The minimum absolute atomic E-state index is 0.0346. The predicted octanol–water partition coefficient (Wildman–Crippen LogP) is 4.61. The Hall–Kier alpha value is -2.60. The molecule has 1 amide bonds. The Balaban J connectivity index is 1.39. The molecule has 4 rings (SSSR count). The summed E-state index contributed by atoms with van der Waals surface area (Å²) in [4.78, 5) is 12.4. The molecular formula is C22H24N4OS. The number of thioether (sulfide) groups is 1. The number of nitrogens with zero attached hydrogens (tertiary/aromatic N) is 3. The number of carbonyl (C=O) groups excluding carboxylic acids is 1. The second-order valence-electron chi connectivity index (χ2n) is 7.40. The van der Waals surface area contributed by atoms with Crippen LogP contribution in [0.4, 0.5) is 5.69 Å². The molecule has 2 aromatic carbocycles. The monoisotopic (exact) mass is 392 g/mol. The van der Waals surface area contributed by atoms with E-state index in [0.29, 0.717) is 16.8 Å². The summed E-state index contributed by atoms with van der Waals surface area (Å²) in [5.74, 6) is 0.749. The fraction of sp³-hybridized carbons (Fsp3) is 0.318. The van der Waals surface area contributed by atoms with Gasteiger partial charge in [-0.05, 0) is 66.1 Å². The van der Waals surface area contributed by atoms with E-state index in [4.69, 9.17) is 0 Å². The van der Waals surface area contributed by atoms with Crippen LogP contribution in [0.25, 0.3) is 5.69 Å². The van der Waals surface area contributed by atoms with Crippen molar-refractivity contribution in [1.82, 2.24) is 14.8 Å². The van der Waals surface area contributed by atoms with Gasteiger partial charge in [0, 0.05) is 11.4 Å². The topological polar surface area (TPSA) is 59.8 Å². The summed E-state index contributed by atoms with van der Waals surface area (Å²) in [5.41, 5.74) is 5.92. The molecule has 1 heterocycles. The normalized spacial score (nSPS) is 13.0. The molecule has 6 heteroatoms. The Labute approximate surface area is 169 Å². The highest BCUT2D eigenvalue weighted by molar-refractivity contribution is 7.99. The number of hydrogen-bond acceptors (Lipinski definition) is 4. The molecule has 28 heavy (non-hydrogen) atoms. The summed E-state index contributed by atoms with van der Waals surface area (Å²) >= 11 is 1.39. The molecule has 0 saturated heterocycles. The van der Waals surface area contributed by atoms with Crippen LogP contribution in [0.5, 0.6) is 0 Å². The number of anilines is 1. The largest absolute Gasteiger partial charge is 0.325 e. The summed E-state index contributed by atoms with van der Waals surface area (Å²) < 4.78 is 1.91. The molecule has 0 atom stereocenters. The molecule has 144 valence electrons. The van der Waals surface area contributed by atoms with Crippen molar-refractivity contribution < 1.29 is 4.79 Å². The van der Waals surface area contributed by atoms with Crippen LogP contribution in [0.1, 0.15) is 42.9 Å². The summed E-state index contributed by atoms with van der Waals surface area (Å²) in [5, 5.41) is 11.9. The van der Waals surface area contributed by atoms with Crippen molar-refractivity contribution in [2.45, 2.75) is 44.2 Å². The van der Waals surface area contributed by atoms with E-state index in [0.717, 1.165) is 24.2 Å². The Morgan fingerprint density at radius 1 is 1.14 bits per heavy atom. The number of hydrogen-bond donors (Lipinski definition) is 1. The molecule has 3 aromatic rings. The van der Waals surface area contributed by atoms with Crippen molar-refractivity contribution >= 4 is 23.4 Å². The molecule has 1 N–H and O–H groups in total. The molecule has 1 aliphatic rings. The second kappa shape index (κ2) is 8.19. The van der Waals surface area contributed by atoms with Crippen LogP contribution in [-0.2, 0) is 17.6 Å². The maximum absolute atomic E-state index is 12.4. The molecule has 1 aliphatic carbocycles. The fourth-order valence-electron chi connectivity index (χ4n) is 3.50. The zero-order valence-corrected chi connectivity index (χ0v) is 17.0. The Bertz CT molecular complexity index is 978. The lowest BCUT2D eigenvalue weighted by Gasteiger charge is -2.10. The predicted molar refractivity (Wildman–Crippen MR) is 113 cm³/mol. The molecule has 0 unspecified atom stereocenters. The maximum Gasteiger partial charge on any atom is 0.234 e. The van der Waals surface area contributed by atoms with Gasteiger partial charge in [-0.1, -0.05) is 43.8 Å². The standard InChI is InChI=1S/C22H24N4OS/c1-15(2)16-7-10-20(11-8-16)26-14-23-25-22(26)28-13-21(27)24-19-9-6-17-4-3-5-18(17)12-19/h6-12,14-15H,3-5,13H2,1-2H3,(H,24,27). The molecule has 0 radical (unpaired) electrons. The summed E-state index contributed by atoms with van der Waals surface area (Å²) in [6.07, 6.45) is 5.14. The van der Waals surface area contributed by atoms with Gasteiger partial charge in [0.05, 0.1) is 5.75 Å². The highest BCUT2D eigenvalue weighted by Gasteiger charge is 2.13. The highest BCUT2D eigenvalue weighted by Crippen LogP contribution is 2.26. The number of benzene rings is 2.